The topological polar surface area (TPSA) is 76.9 Å². The van der Waals surface area contributed by atoms with E-state index in [1.807, 2.05) is 55.6 Å². The van der Waals surface area contributed by atoms with Crippen LogP contribution in [-0.2, 0) is 11.3 Å². The predicted octanol–water partition coefficient (Wildman–Crippen LogP) is 3.78. The standard InChI is InChI=1S/C21H18N4O2S/c1-13-5-3-8-17-20(13)22-12-25(21(17)27)10-19(26)24-16-7-4-6-15(9-16)18-11-28-14(2)23-18/h3-9,11-12H,10H2,1-2H3,(H,24,26). The summed E-state index contributed by atoms with van der Waals surface area (Å²) in [5, 5.41) is 6.33. The van der Waals surface area contributed by atoms with Gasteiger partial charge in [-0.2, -0.15) is 0 Å². The molecule has 0 aliphatic rings. The normalized spacial score (nSPS) is 10.9. The minimum atomic E-state index is -0.289. The Hall–Kier alpha value is -3.32. The molecule has 0 atom stereocenters. The van der Waals surface area contributed by atoms with Gasteiger partial charge < -0.3 is 5.32 Å². The quantitative estimate of drug-likeness (QED) is 0.575. The molecule has 0 spiro atoms. The number of thiazole rings is 1. The van der Waals surface area contributed by atoms with Crippen molar-refractivity contribution in [3.8, 4) is 11.3 Å². The first-order valence-corrected chi connectivity index (χ1v) is 9.66. The van der Waals surface area contributed by atoms with Crippen LogP contribution in [0.4, 0.5) is 5.69 Å². The van der Waals surface area contributed by atoms with Crippen LogP contribution in [0.15, 0.2) is 59.0 Å². The minimum absolute atomic E-state index is 0.101. The summed E-state index contributed by atoms with van der Waals surface area (Å²) in [5.41, 5.74) is 3.84. The number of aromatic nitrogens is 3. The molecule has 4 aromatic rings. The maximum Gasteiger partial charge on any atom is 0.261 e. The van der Waals surface area contributed by atoms with Crippen molar-refractivity contribution in [1.29, 1.82) is 0 Å². The summed E-state index contributed by atoms with van der Waals surface area (Å²) in [7, 11) is 0. The smallest absolute Gasteiger partial charge is 0.261 e. The molecule has 0 aliphatic heterocycles. The highest BCUT2D eigenvalue weighted by atomic mass is 32.1. The van der Waals surface area contributed by atoms with Crippen molar-refractivity contribution in [1.82, 2.24) is 14.5 Å². The zero-order valence-corrected chi connectivity index (χ0v) is 16.3. The maximum absolute atomic E-state index is 12.6. The Labute approximate surface area is 165 Å². The van der Waals surface area contributed by atoms with Gasteiger partial charge in [-0.1, -0.05) is 24.3 Å². The van der Waals surface area contributed by atoms with E-state index >= 15 is 0 Å². The zero-order valence-electron chi connectivity index (χ0n) is 15.5. The van der Waals surface area contributed by atoms with Gasteiger partial charge in [-0.25, -0.2) is 9.97 Å². The van der Waals surface area contributed by atoms with E-state index in [1.165, 1.54) is 10.9 Å². The lowest BCUT2D eigenvalue weighted by molar-refractivity contribution is -0.116. The summed E-state index contributed by atoms with van der Waals surface area (Å²) < 4.78 is 1.32. The number of para-hydroxylation sites is 1. The summed E-state index contributed by atoms with van der Waals surface area (Å²) in [6.07, 6.45) is 1.42. The fraction of sp³-hybridized carbons (Fsp3) is 0.143. The Bertz CT molecular complexity index is 1240. The molecule has 4 rings (SSSR count). The van der Waals surface area contributed by atoms with Crippen LogP contribution in [0.3, 0.4) is 0 Å². The Kier molecular flexibility index (Phi) is 4.75. The van der Waals surface area contributed by atoms with Gasteiger partial charge in [-0.15, -0.1) is 11.3 Å². The predicted molar refractivity (Wildman–Crippen MR) is 112 cm³/mol. The molecule has 2 aromatic carbocycles. The molecule has 0 aliphatic carbocycles. The molecule has 140 valence electrons. The first-order chi connectivity index (χ1) is 13.5. The van der Waals surface area contributed by atoms with Crippen molar-refractivity contribution in [3.05, 3.63) is 75.1 Å². The van der Waals surface area contributed by atoms with E-state index in [1.54, 1.807) is 17.4 Å². The number of carbonyl (C=O) groups excluding carboxylic acids is 1. The van der Waals surface area contributed by atoms with Gasteiger partial charge in [-0.3, -0.25) is 14.2 Å². The third kappa shape index (κ3) is 3.57. The molecule has 0 saturated carbocycles. The maximum atomic E-state index is 12.6. The molecule has 0 fully saturated rings. The lowest BCUT2D eigenvalue weighted by atomic mass is 10.1. The second-order valence-corrected chi connectivity index (χ2v) is 7.59. The van der Waals surface area contributed by atoms with Gasteiger partial charge in [0, 0.05) is 16.6 Å². The van der Waals surface area contributed by atoms with E-state index in [4.69, 9.17) is 0 Å². The summed E-state index contributed by atoms with van der Waals surface area (Å²) in [4.78, 5) is 33.9. The molecule has 28 heavy (non-hydrogen) atoms. The number of rotatable bonds is 4. The van der Waals surface area contributed by atoms with Crippen LogP contribution in [0, 0.1) is 13.8 Å². The molecular weight excluding hydrogens is 372 g/mol. The van der Waals surface area contributed by atoms with Crippen molar-refractivity contribution in [2.75, 3.05) is 5.32 Å². The van der Waals surface area contributed by atoms with E-state index in [0.717, 1.165) is 21.8 Å². The highest BCUT2D eigenvalue weighted by Gasteiger charge is 2.10. The second kappa shape index (κ2) is 7.36. The van der Waals surface area contributed by atoms with E-state index in [-0.39, 0.29) is 18.0 Å². The van der Waals surface area contributed by atoms with Crippen LogP contribution in [-0.4, -0.2) is 20.4 Å². The van der Waals surface area contributed by atoms with Crippen molar-refractivity contribution in [2.24, 2.45) is 0 Å². The zero-order chi connectivity index (χ0) is 19.7. The van der Waals surface area contributed by atoms with Crippen LogP contribution in [0.1, 0.15) is 10.6 Å². The molecule has 0 saturated heterocycles. The van der Waals surface area contributed by atoms with E-state index in [2.05, 4.69) is 15.3 Å². The number of hydrogen-bond donors (Lipinski definition) is 1. The monoisotopic (exact) mass is 390 g/mol. The number of anilines is 1. The first-order valence-electron chi connectivity index (χ1n) is 8.78. The number of fused-ring (bicyclic) bond motifs is 1. The van der Waals surface area contributed by atoms with Gasteiger partial charge in [0.15, 0.2) is 0 Å². The number of aryl methyl sites for hydroxylation is 2. The fourth-order valence-corrected chi connectivity index (χ4v) is 3.68. The third-order valence-corrected chi connectivity index (χ3v) is 5.20. The largest absolute Gasteiger partial charge is 0.325 e. The van der Waals surface area contributed by atoms with Gasteiger partial charge in [0.25, 0.3) is 5.56 Å². The van der Waals surface area contributed by atoms with E-state index in [0.29, 0.717) is 16.6 Å². The average Bonchev–Trinajstić information content (AvgIpc) is 3.11. The number of amides is 1. The summed E-state index contributed by atoms with van der Waals surface area (Å²) >= 11 is 1.58. The van der Waals surface area contributed by atoms with Crippen LogP contribution in [0.5, 0.6) is 0 Å². The van der Waals surface area contributed by atoms with Crippen LogP contribution < -0.4 is 10.9 Å². The second-order valence-electron chi connectivity index (χ2n) is 6.53. The van der Waals surface area contributed by atoms with E-state index in [9.17, 15) is 9.59 Å². The SMILES string of the molecule is Cc1nc(-c2cccc(NC(=O)Cn3cnc4c(C)cccc4c3=O)c2)cs1. The number of nitrogens with one attached hydrogen (secondary N) is 1. The fourth-order valence-electron chi connectivity index (χ4n) is 3.06. The van der Waals surface area contributed by atoms with Crippen molar-refractivity contribution in [2.45, 2.75) is 20.4 Å². The van der Waals surface area contributed by atoms with E-state index < -0.39 is 0 Å². The Morgan fingerprint density at radius 1 is 1.18 bits per heavy atom. The highest BCUT2D eigenvalue weighted by Crippen LogP contribution is 2.24. The lowest BCUT2D eigenvalue weighted by Gasteiger charge is -2.09. The van der Waals surface area contributed by atoms with Gasteiger partial charge in [0.2, 0.25) is 5.91 Å². The van der Waals surface area contributed by atoms with Crippen molar-refractivity contribution >= 4 is 33.8 Å². The lowest BCUT2D eigenvalue weighted by Crippen LogP contribution is -2.28. The molecule has 6 nitrogen and oxygen atoms in total. The number of benzene rings is 2. The molecule has 2 aromatic heterocycles. The molecule has 7 heteroatoms. The summed E-state index contributed by atoms with van der Waals surface area (Å²) in [6, 6.07) is 12.9. The number of nitrogens with zero attached hydrogens (tertiary/aromatic N) is 3. The molecule has 0 unspecified atom stereocenters. The van der Waals surface area contributed by atoms with Crippen molar-refractivity contribution < 1.29 is 4.79 Å². The van der Waals surface area contributed by atoms with Gasteiger partial charge >= 0.3 is 0 Å². The van der Waals surface area contributed by atoms with Crippen LogP contribution >= 0.6 is 11.3 Å². The number of carbonyl (C=O) groups is 1. The van der Waals surface area contributed by atoms with Crippen LogP contribution in [0.2, 0.25) is 0 Å². The highest BCUT2D eigenvalue weighted by molar-refractivity contribution is 7.09. The molecule has 0 bridgehead atoms. The minimum Gasteiger partial charge on any atom is -0.325 e. The molecule has 0 radical (unpaired) electrons. The first kappa shape index (κ1) is 18.1. The molecule has 2 heterocycles. The number of hydrogen-bond acceptors (Lipinski definition) is 5. The van der Waals surface area contributed by atoms with Crippen molar-refractivity contribution in [3.63, 3.8) is 0 Å². The molecule has 1 N–H and O–H groups in total. The van der Waals surface area contributed by atoms with Gasteiger partial charge in [-0.05, 0) is 37.6 Å². The van der Waals surface area contributed by atoms with Gasteiger partial charge in [0.1, 0.15) is 6.54 Å². The third-order valence-electron chi connectivity index (χ3n) is 4.43. The molecular formula is C21H18N4O2S. The van der Waals surface area contributed by atoms with Crippen LogP contribution in [0.25, 0.3) is 22.2 Å². The Morgan fingerprint density at radius 2 is 2.00 bits per heavy atom. The summed E-state index contributed by atoms with van der Waals surface area (Å²) in [5.74, 6) is -0.289. The Balaban J connectivity index is 1.55. The molecule has 1 amide bonds. The summed E-state index contributed by atoms with van der Waals surface area (Å²) in [6.45, 7) is 3.76. The Morgan fingerprint density at radius 3 is 2.79 bits per heavy atom. The van der Waals surface area contributed by atoms with Gasteiger partial charge in [0.05, 0.1) is 27.9 Å². The average molecular weight is 390 g/mol.